The highest BCUT2D eigenvalue weighted by Gasteiger charge is 2.23. The molecular formula is C14H18Br2N2O2. The fraction of sp³-hybridized carbons (Fsp3) is 0.500. The van der Waals surface area contributed by atoms with Crippen LogP contribution in [0.3, 0.4) is 0 Å². The molecule has 1 heterocycles. The van der Waals surface area contributed by atoms with Gasteiger partial charge in [-0.15, -0.1) is 0 Å². The highest BCUT2D eigenvalue weighted by Crippen LogP contribution is 2.26. The van der Waals surface area contributed by atoms with Crippen molar-refractivity contribution in [1.82, 2.24) is 4.90 Å². The van der Waals surface area contributed by atoms with Gasteiger partial charge < -0.3 is 10.4 Å². The molecule has 0 spiro atoms. The summed E-state index contributed by atoms with van der Waals surface area (Å²) in [7, 11) is 0. The SMILES string of the molecule is O=C(CN1CCCCC1CO)Nc1ccc(Br)cc1Br. The number of carbonyl (C=O) groups is 1. The summed E-state index contributed by atoms with van der Waals surface area (Å²) in [5.41, 5.74) is 0.760. The lowest BCUT2D eigenvalue weighted by Crippen LogP contribution is -2.45. The van der Waals surface area contributed by atoms with E-state index in [1.54, 1.807) is 0 Å². The van der Waals surface area contributed by atoms with E-state index in [0.717, 1.165) is 40.4 Å². The number of benzene rings is 1. The van der Waals surface area contributed by atoms with E-state index in [4.69, 9.17) is 0 Å². The van der Waals surface area contributed by atoms with Crippen LogP contribution in [0, 0.1) is 0 Å². The zero-order valence-corrected chi connectivity index (χ0v) is 14.3. The molecule has 1 atom stereocenters. The Hall–Kier alpha value is -0.430. The predicted molar refractivity (Wildman–Crippen MR) is 86.8 cm³/mol. The van der Waals surface area contributed by atoms with Gasteiger partial charge in [-0.2, -0.15) is 0 Å². The van der Waals surface area contributed by atoms with Crippen molar-refractivity contribution in [3.63, 3.8) is 0 Å². The average molecular weight is 406 g/mol. The summed E-state index contributed by atoms with van der Waals surface area (Å²) in [4.78, 5) is 14.2. The fourth-order valence-corrected chi connectivity index (χ4v) is 3.59. The van der Waals surface area contributed by atoms with Gasteiger partial charge in [-0.3, -0.25) is 9.69 Å². The van der Waals surface area contributed by atoms with E-state index < -0.39 is 0 Å². The van der Waals surface area contributed by atoms with E-state index in [1.807, 2.05) is 18.2 Å². The molecule has 1 aromatic carbocycles. The molecular weight excluding hydrogens is 388 g/mol. The van der Waals surface area contributed by atoms with Crippen LogP contribution in [-0.2, 0) is 4.79 Å². The topological polar surface area (TPSA) is 52.6 Å². The largest absolute Gasteiger partial charge is 0.395 e. The van der Waals surface area contributed by atoms with Crippen LogP contribution in [0.4, 0.5) is 5.69 Å². The Morgan fingerprint density at radius 3 is 2.90 bits per heavy atom. The molecule has 20 heavy (non-hydrogen) atoms. The quantitative estimate of drug-likeness (QED) is 0.809. The van der Waals surface area contributed by atoms with Gasteiger partial charge in [-0.05, 0) is 53.5 Å². The molecule has 1 aliphatic rings. The molecule has 1 saturated heterocycles. The summed E-state index contributed by atoms with van der Waals surface area (Å²) < 4.78 is 1.80. The molecule has 0 aliphatic carbocycles. The smallest absolute Gasteiger partial charge is 0.238 e. The normalized spacial score (nSPS) is 19.9. The number of nitrogens with zero attached hydrogens (tertiary/aromatic N) is 1. The van der Waals surface area contributed by atoms with Crippen LogP contribution in [0.2, 0.25) is 0 Å². The number of halogens is 2. The van der Waals surface area contributed by atoms with Gasteiger partial charge in [0.2, 0.25) is 5.91 Å². The second-order valence-electron chi connectivity index (χ2n) is 4.98. The van der Waals surface area contributed by atoms with Gasteiger partial charge in [0, 0.05) is 15.0 Å². The van der Waals surface area contributed by atoms with Gasteiger partial charge >= 0.3 is 0 Å². The lowest BCUT2D eigenvalue weighted by molar-refractivity contribution is -0.118. The highest BCUT2D eigenvalue weighted by molar-refractivity contribution is 9.11. The number of hydrogen-bond donors (Lipinski definition) is 2. The van der Waals surface area contributed by atoms with Crippen LogP contribution in [-0.4, -0.2) is 41.7 Å². The Bertz CT molecular complexity index is 482. The fourth-order valence-electron chi connectivity index (χ4n) is 2.44. The Kier molecular flexibility index (Phi) is 6.01. The number of aliphatic hydroxyl groups excluding tert-OH is 1. The third-order valence-corrected chi connectivity index (χ3v) is 4.66. The number of nitrogens with one attached hydrogen (secondary N) is 1. The molecule has 1 aliphatic heterocycles. The Balaban J connectivity index is 1.94. The summed E-state index contributed by atoms with van der Waals surface area (Å²) in [5, 5.41) is 12.3. The number of rotatable bonds is 4. The van der Waals surface area contributed by atoms with Crippen LogP contribution in [0.1, 0.15) is 19.3 Å². The maximum absolute atomic E-state index is 12.1. The molecule has 110 valence electrons. The highest BCUT2D eigenvalue weighted by atomic mass is 79.9. The molecule has 1 aromatic rings. The van der Waals surface area contributed by atoms with Crippen LogP contribution < -0.4 is 5.32 Å². The first-order chi connectivity index (χ1) is 9.60. The van der Waals surface area contributed by atoms with E-state index in [0.29, 0.717) is 6.54 Å². The zero-order chi connectivity index (χ0) is 14.5. The van der Waals surface area contributed by atoms with Crippen molar-refractivity contribution in [3.8, 4) is 0 Å². The summed E-state index contributed by atoms with van der Waals surface area (Å²) in [6.45, 7) is 1.32. The number of aliphatic hydroxyl groups is 1. The van der Waals surface area contributed by atoms with Crippen molar-refractivity contribution in [2.45, 2.75) is 25.3 Å². The van der Waals surface area contributed by atoms with Crippen LogP contribution in [0.5, 0.6) is 0 Å². The number of anilines is 1. The van der Waals surface area contributed by atoms with Crippen molar-refractivity contribution < 1.29 is 9.90 Å². The molecule has 1 fully saturated rings. The second-order valence-corrected chi connectivity index (χ2v) is 6.75. The third kappa shape index (κ3) is 4.28. The monoisotopic (exact) mass is 404 g/mol. The van der Waals surface area contributed by atoms with E-state index in [1.165, 1.54) is 0 Å². The van der Waals surface area contributed by atoms with E-state index in [2.05, 4.69) is 42.1 Å². The molecule has 1 unspecified atom stereocenters. The molecule has 6 heteroatoms. The van der Waals surface area contributed by atoms with Crippen LogP contribution in [0.15, 0.2) is 27.1 Å². The Morgan fingerprint density at radius 1 is 1.40 bits per heavy atom. The third-order valence-electron chi connectivity index (χ3n) is 3.51. The molecule has 4 nitrogen and oxygen atoms in total. The van der Waals surface area contributed by atoms with Gasteiger partial charge in [-0.25, -0.2) is 0 Å². The number of piperidine rings is 1. The number of carbonyl (C=O) groups excluding carboxylic acids is 1. The minimum absolute atomic E-state index is 0.0478. The molecule has 0 aromatic heterocycles. The maximum atomic E-state index is 12.1. The van der Waals surface area contributed by atoms with Crippen molar-refractivity contribution in [3.05, 3.63) is 27.1 Å². The molecule has 2 N–H and O–H groups in total. The van der Waals surface area contributed by atoms with Gasteiger partial charge in [0.15, 0.2) is 0 Å². The van der Waals surface area contributed by atoms with Crippen LogP contribution in [0.25, 0.3) is 0 Å². The maximum Gasteiger partial charge on any atom is 0.238 e. The van der Waals surface area contributed by atoms with Gasteiger partial charge in [0.1, 0.15) is 0 Å². The summed E-state index contributed by atoms with van der Waals surface area (Å²) in [6.07, 6.45) is 3.18. The minimum atomic E-state index is -0.0478. The second kappa shape index (κ2) is 7.54. The Morgan fingerprint density at radius 2 is 2.20 bits per heavy atom. The summed E-state index contributed by atoms with van der Waals surface area (Å²) in [6, 6.07) is 5.75. The van der Waals surface area contributed by atoms with Crippen LogP contribution >= 0.6 is 31.9 Å². The van der Waals surface area contributed by atoms with Crippen molar-refractivity contribution in [2.75, 3.05) is 25.0 Å². The van der Waals surface area contributed by atoms with Gasteiger partial charge in [0.05, 0.1) is 18.8 Å². The lowest BCUT2D eigenvalue weighted by atomic mass is 10.0. The molecule has 0 radical (unpaired) electrons. The molecule has 2 rings (SSSR count). The first-order valence-corrected chi connectivity index (χ1v) is 8.28. The average Bonchev–Trinajstić information content (AvgIpc) is 2.42. The van der Waals surface area contributed by atoms with Crippen molar-refractivity contribution in [2.24, 2.45) is 0 Å². The molecule has 1 amide bonds. The molecule has 0 bridgehead atoms. The van der Waals surface area contributed by atoms with E-state index >= 15 is 0 Å². The summed E-state index contributed by atoms with van der Waals surface area (Å²) in [5.74, 6) is -0.0478. The minimum Gasteiger partial charge on any atom is -0.395 e. The molecule has 0 saturated carbocycles. The number of hydrogen-bond acceptors (Lipinski definition) is 3. The van der Waals surface area contributed by atoms with E-state index in [9.17, 15) is 9.90 Å². The van der Waals surface area contributed by atoms with E-state index in [-0.39, 0.29) is 18.6 Å². The van der Waals surface area contributed by atoms with Gasteiger partial charge in [-0.1, -0.05) is 22.4 Å². The number of likely N-dealkylation sites (tertiary alicyclic amines) is 1. The zero-order valence-electron chi connectivity index (χ0n) is 11.1. The Labute approximate surface area is 135 Å². The lowest BCUT2D eigenvalue weighted by Gasteiger charge is -2.33. The summed E-state index contributed by atoms with van der Waals surface area (Å²) >= 11 is 6.81. The number of amides is 1. The standard InChI is InChI=1S/C14H18Br2N2O2/c15-10-4-5-13(12(16)7-10)17-14(20)8-18-6-2-1-3-11(18)9-19/h4-5,7,11,19H,1-3,6,8-9H2,(H,17,20). The van der Waals surface area contributed by atoms with Crippen molar-refractivity contribution in [1.29, 1.82) is 0 Å². The van der Waals surface area contributed by atoms with Gasteiger partial charge in [0.25, 0.3) is 0 Å². The first kappa shape index (κ1) is 15.9. The predicted octanol–water partition coefficient (Wildman–Crippen LogP) is 3.00. The van der Waals surface area contributed by atoms with Crippen molar-refractivity contribution >= 4 is 43.5 Å². The first-order valence-electron chi connectivity index (χ1n) is 6.70.